The lowest BCUT2D eigenvalue weighted by Gasteiger charge is -2.32. The maximum Gasteiger partial charge on any atom is 0.104 e. The second-order valence-electron chi connectivity index (χ2n) is 6.31. The summed E-state index contributed by atoms with van der Waals surface area (Å²) in [7, 11) is 0. The van der Waals surface area contributed by atoms with Crippen LogP contribution in [0.3, 0.4) is 0 Å². The predicted octanol–water partition coefficient (Wildman–Crippen LogP) is 2.96. The number of nitrogens with zero attached hydrogens (tertiary/aromatic N) is 1. The molecule has 2 aliphatic heterocycles. The molecule has 2 aliphatic rings. The van der Waals surface area contributed by atoms with Crippen molar-refractivity contribution in [3.05, 3.63) is 0 Å². The van der Waals surface area contributed by atoms with Crippen LogP contribution in [0.4, 0.5) is 0 Å². The van der Waals surface area contributed by atoms with Crippen molar-refractivity contribution < 1.29 is 5.11 Å². The molecule has 2 saturated heterocycles. The average Bonchev–Trinajstić information content (AvgIpc) is 3.15. The van der Waals surface area contributed by atoms with Gasteiger partial charge in [0.25, 0.3) is 0 Å². The molecule has 0 radical (unpaired) electrons. The quantitative estimate of drug-likeness (QED) is 0.758. The van der Waals surface area contributed by atoms with Crippen LogP contribution in [-0.4, -0.2) is 58.3 Å². The van der Waals surface area contributed by atoms with E-state index in [1.165, 1.54) is 43.9 Å². The molecule has 1 N–H and O–H groups in total. The monoisotopic (exact) mass is 327 g/mol. The molecule has 0 aliphatic carbocycles. The van der Waals surface area contributed by atoms with Crippen LogP contribution in [-0.2, 0) is 0 Å². The SMILES string of the molecule is CCC(C)N(CC1CCSC1)CC1CC(C#CCO)CS1. The van der Waals surface area contributed by atoms with Gasteiger partial charge in [-0.15, -0.1) is 0 Å². The van der Waals surface area contributed by atoms with Gasteiger partial charge in [0.05, 0.1) is 0 Å². The molecular formula is C17H29NOS2. The first-order chi connectivity index (χ1) is 10.2. The third-order valence-corrected chi connectivity index (χ3v) is 7.27. The van der Waals surface area contributed by atoms with Gasteiger partial charge in [-0.3, -0.25) is 4.90 Å². The van der Waals surface area contributed by atoms with Crippen molar-refractivity contribution in [2.75, 3.05) is 37.0 Å². The van der Waals surface area contributed by atoms with Gasteiger partial charge in [-0.25, -0.2) is 0 Å². The number of hydrogen-bond donors (Lipinski definition) is 1. The van der Waals surface area contributed by atoms with Crippen LogP contribution in [0.2, 0.25) is 0 Å². The van der Waals surface area contributed by atoms with Gasteiger partial charge in [0.1, 0.15) is 6.61 Å². The molecule has 21 heavy (non-hydrogen) atoms. The third kappa shape index (κ3) is 5.71. The molecule has 4 unspecified atom stereocenters. The maximum absolute atomic E-state index is 8.81. The molecule has 0 saturated carbocycles. The Bertz CT molecular complexity index is 360. The summed E-state index contributed by atoms with van der Waals surface area (Å²) >= 11 is 4.21. The topological polar surface area (TPSA) is 23.5 Å². The van der Waals surface area contributed by atoms with Crippen molar-refractivity contribution in [3.8, 4) is 11.8 Å². The summed E-state index contributed by atoms with van der Waals surface area (Å²) in [5, 5.41) is 9.54. The Kier molecular flexibility index (Phi) is 7.80. The first-order valence-electron chi connectivity index (χ1n) is 8.25. The largest absolute Gasteiger partial charge is 0.384 e. The van der Waals surface area contributed by atoms with E-state index < -0.39 is 0 Å². The highest BCUT2D eigenvalue weighted by atomic mass is 32.2. The van der Waals surface area contributed by atoms with Gasteiger partial charge in [-0.1, -0.05) is 18.8 Å². The summed E-state index contributed by atoms with van der Waals surface area (Å²) < 4.78 is 0. The minimum Gasteiger partial charge on any atom is -0.384 e. The Hall–Kier alpha value is 0.180. The Morgan fingerprint density at radius 2 is 2.19 bits per heavy atom. The van der Waals surface area contributed by atoms with E-state index in [9.17, 15) is 0 Å². The zero-order valence-corrected chi connectivity index (χ0v) is 15.0. The van der Waals surface area contributed by atoms with Crippen LogP contribution in [0.1, 0.15) is 33.1 Å². The van der Waals surface area contributed by atoms with Crippen LogP contribution in [0.5, 0.6) is 0 Å². The molecule has 0 aromatic rings. The van der Waals surface area contributed by atoms with E-state index in [2.05, 4.69) is 54.1 Å². The summed E-state index contributed by atoms with van der Waals surface area (Å²) in [6.07, 6.45) is 3.84. The van der Waals surface area contributed by atoms with E-state index in [1.807, 2.05) is 0 Å². The first-order valence-corrected chi connectivity index (χ1v) is 10.5. The number of hydrogen-bond acceptors (Lipinski definition) is 4. The van der Waals surface area contributed by atoms with E-state index in [4.69, 9.17) is 5.11 Å². The van der Waals surface area contributed by atoms with Crippen molar-refractivity contribution in [1.29, 1.82) is 0 Å². The van der Waals surface area contributed by atoms with Crippen LogP contribution < -0.4 is 0 Å². The molecule has 0 spiro atoms. The van der Waals surface area contributed by atoms with Gasteiger partial charge in [-0.05, 0) is 43.6 Å². The summed E-state index contributed by atoms with van der Waals surface area (Å²) in [5.74, 6) is 11.3. The zero-order chi connectivity index (χ0) is 15.1. The highest BCUT2D eigenvalue weighted by Crippen LogP contribution is 2.33. The van der Waals surface area contributed by atoms with Gasteiger partial charge in [0.2, 0.25) is 0 Å². The zero-order valence-electron chi connectivity index (χ0n) is 13.4. The lowest BCUT2D eigenvalue weighted by molar-refractivity contribution is 0.178. The molecule has 0 bridgehead atoms. The predicted molar refractivity (Wildman–Crippen MR) is 96.0 cm³/mol. The second-order valence-corrected chi connectivity index (χ2v) is 8.79. The van der Waals surface area contributed by atoms with Crippen molar-refractivity contribution >= 4 is 23.5 Å². The summed E-state index contributed by atoms with van der Waals surface area (Å²) in [6, 6.07) is 0.693. The van der Waals surface area contributed by atoms with E-state index in [0.717, 1.165) is 16.9 Å². The summed E-state index contributed by atoms with van der Waals surface area (Å²) in [6.45, 7) is 7.19. The normalized spacial score (nSPS) is 30.4. The lowest BCUT2D eigenvalue weighted by Crippen LogP contribution is -2.40. The molecule has 2 heterocycles. The lowest BCUT2D eigenvalue weighted by atomic mass is 10.0. The Labute approximate surface area is 138 Å². The molecule has 4 atom stereocenters. The van der Waals surface area contributed by atoms with E-state index >= 15 is 0 Å². The summed E-state index contributed by atoms with van der Waals surface area (Å²) in [4.78, 5) is 2.73. The second kappa shape index (κ2) is 9.35. The van der Waals surface area contributed by atoms with E-state index in [0.29, 0.717) is 12.0 Å². The number of thioether (sulfide) groups is 2. The van der Waals surface area contributed by atoms with Gasteiger partial charge in [0.15, 0.2) is 0 Å². The molecule has 0 aromatic carbocycles. The van der Waals surface area contributed by atoms with Gasteiger partial charge in [-0.2, -0.15) is 23.5 Å². The highest BCUT2D eigenvalue weighted by Gasteiger charge is 2.28. The molecule has 120 valence electrons. The Morgan fingerprint density at radius 3 is 2.86 bits per heavy atom. The number of rotatable bonds is 6. The van der Waals surface area contributed by atoms with Gasteiger partial charge < -0.3 is 5.11 Å². The van der Waals surface area contributed by atoms with Crippen LogP contribution in [0.25, 0.3) is 0 Å². The first kappa shape index (κ1) is 17.5. The van der Waals surface area contributed by atoms with Crippen LogP contribution in [0.15, 0.2) is 0 Å². The fourth-order valence-corrected chi connectivity index (χ4v) is 5.80. The van der Waals surface area contributed by atoms with Crippen molar-refractivity contribution in [3.63, 3.8) is 0 Å². The maximum atomic E-state index is 8.81. The van der Waals surface area contributed by atoms with E-state index in [1.54, 1.807) is 0 Å². The van der Waals surface area contributed by atoms with E-state index in [-0.39, 0.29) is 6.61 Å². The number of aliphatic hydroxyl groups excluding tert-OH is 1. The van der Waals surface area contributed by atoms with Gasteiger partial charge in [0, 0.05) is 36.1 Å². The van der Waals surface area contributed by atoms with Crippen molar-refractivity contribution in [2.45, 2.75) is 44.4 Å². The highest BCUT2D eigenvalue weighted by molar-refractivity contribution is 8.00. The Morgan fingerprint density at radius 1 is 1.33 bits per heavy atom. The molecule has 2 rings (SSSR count). The molecule has 4 heteroatoms. The van der Waals surface area contributed by atoms with Crippen LogP contribution in [0, 0.1) is 23.7 Å². The molecule has 2 nitrogen and oxygen atoms in total. The smallest absolute Gasteiger partial charge is 0.104 e. The van der Waals surface area contributed by atoms with Crippen molar-refractivity contribution in [1.82, 2.24) is 4.90 Å². The van der Waals surface area contributed by atoms with Crippen LogP contribution >= 0.6 is 23.5 Å². The van der Waals surface area contributed by atoms with Crippen molar-refractivity contribution in [2.24, 2.45) is 11.8 Å². The third-order valence-electron chi connectivity index (χ3n) is 4.63. The molecule has 0 amide bonds. The Balaban J connectivity index is 1.83. The molecular weight excluding hydrogens is 298 g/mol. The standard InChI is InChI=1S/C17H29NOS2/c1-3-14(2)18(10-16-6-8-20-12-16)11-17-9-15(13-21-17)5-4-7-19/h14-17,19H,3,6-13H2,1-2H3. The summed E-state index contributed by atoms with van der Waals surface area (Å²) in [5.41, 5.74) is 0. The minimum absolute atomic E-state index is 0.00414. The number of aliphatic hydroxyl groups is 1. The fraction of sp³-hybridized carbons (Fsp3) is 0.882. The fourth-order valence-electron chi connectivity index (χ4n) is 3.14. The van der Waals surface area contributed by atoms with Gasteiger partial charge >= 0.3 is 0 Å². The average molecular weight is 328 g/mol. The molecule has 2 fully saturated rings. The molecule has 0 aromatic heterocycles. The minimum atomic E-state index is 0.00414.